The van der Waals surface area contributed by atoms with E-state index in [9.17, 15) is 13.2 Å². The van der Waals surface area contributed by atoms with Crippen LogP contribution in [0, 0.1) is 0 Å². The van der Waals surface area contributed by atoms with Gasteiger partial charge in [0.15, 0.2) is 10.9 Å². The van der Waals surface area contributed by atoms with E-state index >= 15 is 0 Å². The van der Waals surface area contributed by atoms with E-state index in [-0.39, 0.29) is 16.6 Å². The van der Waals surface area contributed by atoms with Crippen LogP contribution in [0.4, 0.5) is 0 Å². The van der Waals surface area contributed by atoms with Crippen molar-refractivity contribution in [3.05, 3.63) is 65.7 Å². The molecule has 0 radical (unpaired) electrons. The van der Waals surface area contributed by atoms with E-state index in [1.54, 1.807) is 30.1 Å². The summed E-state index contributed by atoms with van der Waals surface area (Å²) in [4.78, 5) is 15.9. The van der Waals surface area contributed by atoms with Gasteiger partial charge in [-0.1, -0.05) is 30.0 Å². The van der Waals surface area contributed by atoms with Crippen molar-refractivity contribution in [1.29, 1.82) is 0 Å². The van der Waals surface area contributed by atoms with Crippen LogP contribution in [0.1, 0.15) is 54.4 Å². The van der Waals surface area contributed by atoms with Gasteiger partial charge < -0.3 is 4.57 Å². The van der Waals surface area contributed by atoms with Crippen molar-refractivity contribution in [2.45, 2.75) is 55.0 Å². The van der Waals surface area contributed by atoms with Crippen molar-refractivity contribution in [2.75, 3.05) is 13.1 Å². The molecule has 0 spiro atoms. The first-order valence-corrected chi connectivity index (χ1v) is 13.4. The number of hydrogen-bond donors (Lipinski definition) is 0. The number of thioether (sulfide) groups is 1. The van der Waals surface area contributed by atoms with Crippen molar-refractivity contribution in [3.63, 3.8) is 0 Å². The molecule has 0 bridgehead atoms. The lowest BCUT2D eigenvalue weighted by Crippen LogP contribution is -2.39. The second-order valence-corrected chi connectivity index (χ2v) is 10.9. The molecule has 0 amide bonds. The van der Waals surface area contributed by atoms with Gasteiger partial charge in [0.1, 0.15) is 5.82 Å². The predicted molar refractivity (Wildman–Crippen MR) is 127 cm³/mol. The third-order valence-electron chi connectivity index (χ3n) is 5.80. The number of aromatic nitrogens is 4. The summed E-state index contributed by atoms with van der Waals surface area (Å²) in [6.45, 7) is 5.06. The molecule has 1 saturated heterocycles. The molecule has 2 aromatic heterocycles. The fraction of sp³-hybridized carbons (Fsp3) is 0.391. The van der Waals surface area contributed by atoms with Gasteiger partial charge in [-0.15, -0.1) is 10.2 Å². The number of carbonyl (C=O) groups excluding carboxylic acids is 1. The molecular formula is C23H27N5O3S2. The fourth-order valence-electron chi connectivity index (χ4n) is 4.02. The Morgan fingerprint density at radius 3 is 2.64 bits per heavy atom. The van der Waals surface area contributed by atoms with Crippen molar-refractivity contribution in [3.8, 4) is 0 Å². The van der Waals surface area contributed by atoms with Crippen molar-refractivity contribution >= 4 is 27.6 Å². The fourth-order valence-corrected chi connectivity index (χ4v) is 6.49. The largest absolute Gasteiger partial charge is 0.306 e. The molecule has 1 unspecified atom stereocenters. The number of hydrogen-bond acceptors (Lipinski definition) is 7. The van der Waals surface area contributed by atoms with E-state index in [0.717, 1.165) is 35.1 Å². The number of carbonyl (C=O) groups is 1. The zero-order valence-corrected chi connectivity index (χ0v) is 20.3. The Kier molecular flexibility index (Phi) is 7.26. The number of benzene rings is 1. The van der Waals surface area contributed by atoms with Crippen LogP contribution in [-0.2, 0) is 22.3 Å². The highest BCUT2D eigenvalue weighted by Crippen LogP contribution is 2.32. The van der Waals surface area contributed by atoms with Crippen LogP contribution in [0.25, 0.3) is 0 Å². The highest BCUT2D eigenvalue weighted by atomic mass is 32.2. The molecule has 174 valence electrons. The van der Waals surface area contributed by atoms with Gasteiger partial charge in [-0.3, -0.25) is 9.78 Å². The molecule has 1 aromatic carbocycles. The SMILES string of the molecule is CCn1c(SCc2cccnc2)nnc1C1CCCN(S(=O)(=O)c2ccc(C(C)=O)cc2)C1. The van der Waals surface area contributed by atoms with Gasteiger partial charge in [-0.2, -0.15) is 4.31 Å². The van der Waals surface area contributed by atoms with Gasteiger partial charge in [-0.25, -0.2) is 8.42 Å². The van der Waals surface area contributed by atoms with Gasteiger partial charge in [-0.05, 0) is 50.5 Å². The number of rotatable bonds is 8. The van der Waals surface area contributed by atoms with Crippen molar-refractivity contribution < 1.29 is 13.2 Å². The molecule has 0 saturated carbocycles. The van der Waals surface area contributed by atoms with E-state index in [4.69, 9.17) is 0 Å². The Balaban J connectivity index is 1.51. The third-order valence-corrected chi connectivity index (χ3v) is 8.72. The molecule has 4 rings (SSSR count). The minimum Gasteiger partial charge on any atom is -0.306 e. The standard InChI is InChI=1S/C23H27N5O3S2/c1-3-28-22(25-26-23(28)32-16-18-6-4-12-24-14-18)20-7-5-13-27(15-20)33(30,31)21-10-8-19(9-11-21)17(2)29/h4,6,8-12,14,20H,3,5,7,13,15-16H2,1-2H3. The van der Waals surface area contributed by atoms with E-state index in [0.29, 0.717) is 25.2 Å². The molecule has 0 aliphatic carbocycles. The highest BCUT2D eigenvalue weighted by molar-refractivity contribution is 7.98. The molecule has 1 atom stereocenters. The molecule has 3 heterocycles. The maximum absolute atomic E-state index is 13.3. The summed E-state index contributed by atoms with van der Waals surface area (Å²) in [7, 11) is -3.65. The molecule has 1 fully saturated rings. The Hall–Kier alpha value is -2.56. The summed E-state index contributed by atoms with van der Waals surface area (Å²) in [5.41, 5.74) is 1.61. The summed E-state index contributed by atoms with van der Waals surface area (Å²) < 4.78 is 30.1. The lowest BCUT2D eigenvalue weighted by Gasteiger charge is -2.31. The summed E-state index contributed by atoms with van der Waals surface area (Å²) in [5, 5.41) is 9.69. The summed E-state index contributed by atoms with van der Waals surface area (Å²) in [6, 6.07) is 10.1. The average Bonchev–Trinajstić information content (AvgIpc) is 3.26. The van der Waals surface area contributed by atoms with E-state index in [1.807, 2.05) is 18.3 Å². The van der Waals surface area contributed by atoms with Crippen LogP contribution in [-0.4, -0.2) is 51.3 Å². The molecular weight excluding hydrogens is 458 g/mol. The molecule has 1 aliphatic rings. The Labute approximate surface area is 198 Å². The first-order chi connectivity index (χ1) is 15.9. The Bertz CT molecular complexity index is 1210. The van der Waals surface area contributed by atoms with Crippen LogP contribution in [0.15, 0.2) is 58.8 Å². The van der Waals surface area contributed by atoms with Crippen molar-refractivity contribution in [1.82, 2.24) is 24.1 Å². The average molecular weight is 486 g/mol. The zero-order valence-electron chi connectivity index (χ0n) is 18.7. The monoisotopic (exact) mass is 485 g/mol. The summed E-state index contributed by atoms with van der Waals surface area (Å²) >= 11 is 1.61. The maximum Gasteiger partial charge on any atom is 0.243 e. The second kappa shape index (κ2) is 10.1. The number of sulfonamides is 1. The molecule has 0 N–H and O–H groups in total. The van der Waals surface area contributed by atoms with Gasteiger partial charge in [0.2, 0.25) is 10.0 Å². The van der Waals surface area contributed by atoms with E-state index < -0.39 is 10.0 Å². The minimum atomic E-state index is -3.65. The van der Waals surface area contributed by atoms with Crippen LogP contribution < -0.4 is 0 Å². The summed E-state index contributed by atoms with van der Waals surface area (Å²) in [6.07, 6.45) is 5.21. The maximum atomic E-state index is 13.3. The smallest absolute Gasteiger partial charge is 0.243 e. The third kappa shape index (κ3) is 5.18. The van der Waals surface area contributed by atoms with Crippen LogP contribution in [0.5, 0.6) is 0 Å². The second-order valence-electron chi connectivity index (χ2n) is 8.02. The van der Waals surface area contributed by atoms with Gasteiger partial charge in [0.05, 0.1) is 4.90 Å². The first-order valence-electron chi connectivity index (χ1n) is 11.0. The number of pyridine rings is 1. The van der Waals surface area contributed by atoms with Crippen LogP contribution >= 0.6 is 11.8 Å². The lowest BCUT2D eigenvalue weighted by molar-refractivity contribution is 0.101. The number of piperidine rings is 1. The Morgan fingerprint density at radius 1 is 1.18 bits per heavy atom. The lowest BCUT2D eigenvalue weighted by atomic mass is 9.99. The molecule has 3 aromatic rings. The molecule has 1 aliphatic heterocycles. The first kappa shape index (κ1) is 23.6. The minimum absolute atomic E-state index is 0.0230. The van der Waals surface area contributed by atoms with Gasteiger partial charge in [0.25, 0.3) is 0 Å². The number of ketones is 1. The number of Topliss-reactive ketones (excluding diaryl/α,β-unsaturated/α-hetero) is 1. The molecule has 8 nitrogen and oxygen atoms in total. The van der Waals surface area contributed by atoms with E-state index in [1.165, 1.54) is 23.4 Å². The normalized spacial score (nSPS) is 17.2. The number of nitrogens with zero attached hydrogens (tertiary/aromatic N) is 5. The molecule has 10 heteroatoms. The molecule has 33 heavy (non-hydrogen) atoms. The summed E-state index contributed by atoms with van der Waals surface area (Å²) in [5.74, 6) is 1.46. The topological polar surface area (TPSA) is 98.1 Å². The van der Waals surface area contributed by atoms with E-state index in [2.05, 4.69) is 26.7 Å². The highest BCUT2D eigenvalue weighted by Gasteiger charge is 2.33. The van der Waals surface area contributed by atoms with Gasteiger partial charge in [0, 0.05) is 49.3 Å². The zero-order chi connectivity index (χ0) is 23.4. The van der Waals surface area contributed by atoms with Crippen LogP contribution in [0.3, 0.4) is 0 Å². The Morgan fingerprint density at radius 2 is 1.97 bits per heavy atom. The van der Waals surface area contributed by atoms with Crippen LogP contribution in [0.2, 0.25) is 0 Å². The quantitative estimate of drug-likeness (QED) is 0.354. The van der Waals surface area contributed by atoms with Gasteiger partial charge >= 0.3 is 0 Å². The van der Waals surface area contributed by atoms with Crippen molar-refractivity contribution in [2.24, 2.45) is 0 Å². The predicted octanol–water partition coefficient (Wildman–Crippen LogP) is 3.76.